The first-order valence-corrected chi connectivity index (χ1v) is 8.33. The third-order valence-corrected chi connectivity index (χ3v) is 6.62. The van der Waals surface area contributed by atoms with Gasteiger partial charge in [-0.1, -0.05) is 12.2 Å². The highest BCUT2D eigenvalue weighted by Gasteiger charge is 2.26. The lowest BCUT2D eigenvalue weighted by Crippen LogP contribution is -2.41. The summed E-state index contributed by atoms with van der Waals surface area (Å²) in [7, 11) is 0. The number of nitrogens with zero attached hydrogens (tertiary/aromatic N) is 1. The maximum absolute atomic E-state index is 12.3. The molecule has 1 fully saturated rings. The number of rotatable bonds is 2. The Bertz CT molecular complexity index is 462. The van der Waals surface area contributed by atoms with Crippen molar-refractivity contribution in [2.24, 2.45) is 11.7 Å². The summed E-state index contributed by atoms with van der Waals surface area (Å²) in [6.45, 7) is 1.46. The van der Waals surface area contributed by atoms with Gasteiger partial charge < -0.3 is 10.6 Å². The lowest BCUT2D eigenvalue weighted by Gasteiger charge is -2.31. The predicted molar refractivity (Wildman–Crippen MR) is 85.1 cm³/mol. The Morgan fingerprint density at radius 1 is 1.44 bits per heavy atom. The number of nitrogens with two attached hydrogens (primary N) is 1. The minimum Gasteiger partial charge on any atom is -0.393 e. The van der Waals surface area contributed by atoms with Crippen LogP contribution in [0.5, 0.6) is 0 Å². The van der Waals surface area contributed by atoms with E-state index >= 15 is 0 Å². The highest BCUT2D eigenvalue weighted by Crippen LogP contribution is 2.33. The number of hydrogen-bond acceptors (Lipinski definition) is 3. The van der Waals surface area contributed by atoms with E-state index < -0.39 is 0 Å². The smallest absolute Gasteiger partial charge is 0.264 e. The Balaban J connectivity index is 2.01. The minimum atomic E-state index is 0.0905. The molecule has 1 aliphatic heterocycles. The van der Waals surface area contributed by atoms with Gasteiger partial charge in [-0.25, -0.2) is 0 Å². The van der Waals surface area contributed by atoms with Crippen molar-refractivity contribution in [1.29, 1.82) is 0 Å². The van der Waals surface area contributed by atoms with E-state index in [9.17, 15) is 4.79 Å². The number of piperidine rings is 1. The summed E-state index contributed by atoms with van der Waals surface area (Å²) in [4.78, 5) is 15.5. The van der Waals surface area contributed by atoms with Gasteiger partial charge >= 0.3 is 0 Å². The van der Waals surface area contributed by atoms with Crippen LogP contribution < -0.4 is 5.73 Å². The van der Waals surface area contributed by atoms with Crippen molar-refractivity contribution in [2.45, 2.75) is 12.8 Å². The van der Waals surface area contributed by atoms with Gasteiger partial charge in [0.2, 0.25) is 0 Å². The number of hydrogen-bond donors (Lipinski definition) is 1. The molecule has 1 aromatic rings. The molecule has 0 aromatic carbocycles. The van der Waals surface area contributed by atoms with Gasteiger partial charge in [0.1, 0.15) is 0 Å². The fourth-order valence-electron chi connectivity index (χ4n) is 1.97. The van der Waals surface area contributed by atoms with E-state index in [0.29, 0.717) is 4.99 Å². The van der Waals surface area contributed by atoms with Crippen molar-refractivity contribution in [1.82, 2.24) is 4.90 Å². The third-order valence-electron chi connectivity index (χ3n) is 3.04. The normalized spacial score (nSPS) is 16.9. The summed E-state index contributed by atoms with van der Waals surface area (Å²) < 4.78 is 1.87. The molecule has 0 bridgehead atoms. The van der Waals surface area contributed by atoms with Gasteiger partial charge in [-0.15, -0.1) is 11.3 Å². The molecule has 0 atom stereocenters. The average Bonchev–Trinajstić information content (AvgIpc) is 2.69. The Morgan fingerprint density at radius 3 is 2.50 bits per heavy atom. The van der Waals surface area contributed by atoms with Crippen LogP contribution in [0, 0.1) is 5.92 Å². The van der Waals surface area contributed by atoms with Gasteiger partial charge in [0.15, 0.2) is 0 Å². The molecule has 18 heavy (non-hydrogen) atoms. The molecular formula is C11H12Br2N2OS2. The largest absolute Gasteiger partial charge is 0.393 e. The summed E-state index contributed by atoms with van der Waals surface area (Å²) in [5.41, 5.74) is 5.64. The van der Waals surface area contributed by atoms with E-state index in [1.165, 1.54) is 11.3 Å². The number of amides is 1. The van der Waals surface area contributed by atoms with Crippen molar-refractivity contribution < 1.29 is 4.79 Å². The second-order valence-electron chi connectivity index (χ2n) is 4.20. The van der Waals surface area contributed by atoms with Gasteiger partial charge in [0, 0.05) is 23.5 Å². The van der Waals surface area contributed by atoms with Crippen molar-refractivity contribution in [3.63, 3.8) is 0 Å². The maximum Gasteiger partial charge on any atom is 0.264 e. The van der Waals surface area contributed by atoms with Crippen LogP contribution in [-0.4, -0.2) is 28.9 Å². The van der Waals surface area contributed by atoms with E-state index in [-0.39, 0.29) is 11.8 Å². The fraction of sp³-hybridized carbons (Fsp3) is 0.455. The first-order valence-electron chi connectivity index (χ1n) is 5.52. The van der Waals surface area contributed by atoms with Crippen LogP contribution in [0.2, 0.25) is 0 Å². The highest BCUT2D eigenvalue weighted by molar-refractivity contribution is 9.13. The Morgan fingerprint density at radius 2 is 2.06 bits per heavy atom. The first-order chi connectivity index (χ1) is 8.49. The summed E-state index contributed by atoms with van der Waals surface area (Å²) in [5, 5.41) is 0. The minimum absolute atomic E-state index is 0.0905. The van der Waals surface area contributed by atoms with Gasteiger partial charge in [0.25, 0.3) is 5.91 Å². The fourth-order valence-corrected chi connectivity index (χ4v) is 4.21. The topological polar surface area (TPSA) is 46.3 Å². The van der Waals surface area contributed by atoms with E-state index in [0.717, 1.165) is 39.1 Å². The van der Waals surface area contributed by atoms with E-state index in [2.05, 4.69) is 31.9 Å². The molecule has 98 valence electrons. The van der Waals surface area contributed by atoms with Crippen molar-refractivity contribution in [3.8, 4) is 0 Å². The molecule has 2 N–H and O–H groups in total. The second kappa shape index (κ2) is 5.98. The standard InChI is InChI=1S/C11H12Br2N2OS2/c12-7-5-8(18-9(7)13)11(16)15-3-1-6(2-4-15)10(14)17/h5-6H,1-4H2,(H2,14,17). The van der Waals surface area contributed by atoms with Crippen LogP contribution in [0.1, 0.15) is 22.5 Å². The Labute approximate surface area is 132 Å². The zero-order valence-corrected chi connectivity index (χ0v) is 14.3. The molecule has 1 aromatic heterocycles. The van der Waals surface area contributed by atoms with Crippen LogP contribution in [0.15, 0.2) is 14.3 Å². The molecule has 0 aliphatic carbocycles. The number of carbonyl (C=O) groups is 1. The molecule has 7 heteroatoms. The van der Waals surface area contributed by atoms with Gasteiger partial charge in [-0.2, -0.15) is 0 Å². The molecule has 0 saturated carbocycles. The molecule has 2 heterocycles. The number of thiophene rings is 1. The van der Waals surface area contributed by atoms with Crippen LogP contribution in [0.3, 0.4) is 0 Å². The SMILES string of the molecule is NC(=S)C1CCN(C(=O)c2cc(Br)c(Br)s2)CC1. The van der Waals surface area contributed by atoms with Gasteiger partial charge in [-0.3, -0.25) is 4.79 Å². The highest BCUT2D eigenvalue weighted by atomic mass is 79.9. The molecule has 3 nitrogen and oxygen atoms in total. The van der Waals surface area contributed by atoms with Crippen molar-refractivity contribution >= 4 is 66.3 Å². The maximum atomic E-state index is 12.3. The lowest BCUT2D eigenvalue weighted by molar-refractivity contribution is 0.0715. The lowest BCUT2D eigenvalue weighted by atomic mass is 9.97. The zero-order chi connectivity index (χ0) is 13.3. The van der Waals surface area contributed by atoms with E-state index in [1.54, 1.807) is 0 Å². The quantitative estimate of drug-likeness (QED) is 0.758. The Kier molecular flexibility index (Phi) is 4.80. The van der Waals surface area contributed by atoms with E-state index in [4.69, 9.17) is 18.0 Å². The predicted octanol–water partition coefficient (Wildman–Crippen LogP) is 3.41. The van der Waals surface area contributed by atoms with E-state index in [1.807, 2.05) is 11.0 Å². The van der Waals surface area contributed by atoms with Crippen LogP contribution in [-0.2, 0) is 0 Å². The van der Waals surface area contributed by atoms with Crippen LogP contribution in [0.4, 0.5) is 0 Å². The van der Waals surface area contributed by atoms with Gasteiger partial charge in [-0.05, 0) is 50.8 Å². The zero-order valence-electron chi connectivity index (χ0n) is 9.49. The van der Waals surface area contributed by atoms with Gasteiger partial charge in [0.05, 0.1) is 13.7 Å². The summed E-state index contributed by atoms with van der Waals surface area (Å²) in [6.07, 6.45) is 1.74. The summed E-state index contributed by atoms with van der Waals surface area (Å²) in [5.74, 6) is 0.374. The number of halogens is 2. The number of carbonyl (C=O) groups excluding carboxylic acids is 1. The third kappa shape index (κ3) is 3.12. The molecule has 0 spiro atoms. The molecule has 1 amide bonds. The molecular weight excluding hydrogens is 400 g/mol. The molecule has 0 radical (unpaired) electrons. The summed E-state index contributed by atoms with van der Waals surface area (Å²) >= 11 is 13.2. The monoisotopic (exact) mass is 410 g/mol. The average molecular weight is 412 g/mol. The van der Waals surface area contributed by atoms with Crippen molar-refractivity contribution in [2.75, 3.05) is 13.1 Å². The molecule has 1 aliphatic rings. The second-order valence-corrected chi connectivity index (χ2v) is 7.90. The van der Waals surface area contributed by atoms with Crippen LogP contribution in [0.25, 0.3) is 0 Å². The molecule has 2 rings (SSSR count). The number of thiocarbonyl (C=S) groups is 1. The molecule has 1 saturated heterocycles. The van der Waals surface area contributed by atoms with Crippen LogP contribution >= 0.6 is 55.4 Å². The first kappa shape index (κ1) is 14.4. The molecule has 0 unspecified atom stereocenters. The van der Waals surface area contributed by atoms with Crippen molar-refractivity contribution in [3.05, 3.63) is 19.2 Å². The summed E-state index contributed by atoms with van der Waals surface area (Å²) in [6, 6.07) is 1.86. The Hall–Kier alpha value is 0.0200. The number of likely N-dealkylation sites (tertiary alicyclic amines) is 1.